The second-order valence-corrected chi connectivity index (χ2v) is 8.20. The van der Waals surface area contributed by atoms with E-state index in [1.54, 1.807) is 4.90 Å². The quantitative estimate of drug-likeness (QED) is 0.737. The summed E-state index contributed by atoms with van der Waals surface area (Å²) in [7, 11) is 0. The number of hydrogen-bond donors (Lipinski definition) is 0. The second kappa shape index (κ2) is 6.90. The van der Waals surface area contributed by atoms with Crippen LogP contribution in [0.25, 0.3) is 0 Å². The van der Waals surface area contributed by atoms with Crippen molar-refractivity contribution in [3.63, 3.8) is 0 Å². The number of amides is 2. The summed E-state index contributed by atoms with van der Waals surface area (Å²) in [5.74, 6) is 0.0967. The molecular weight excluding hydrogens is 308 g/mol. The molecule has 3 rings (SSSR count). The van der Waals surface area contributed by atoms with E-state index in [1.807, 2.05) is 25.7 Å². The van der Waals surface area contributed by atoms with Gasteiger partial charge in [0, 0.05) is 19.6 Å². The third-order valence-electron chi connectivity index (χ3n) is 5.20. The number of nitrogens with zero attached hydrogens (tertiary/aromatic N) is 2. The molecular formula is C18H30N2O4. The Morgan fingerprint density at radius 1 is 1.08 bits per heavy atom. The van der Waals surface area contributed by atoms with E-state index in [1.165, 1.54) is 12.8 Å². The first kappa shape index (κ1) is 17.5. The van der Waals surface area contributed by atoms with Crippen LogP contribution in [0.5, 0.6) is 0 Å². The fraction of sp³-hybridized carbons (Fsp3) is 0.889. The topological polar surface area (TPSA) is 59.1 Å². The molecule has 1 aliphatic carbocycles. The summed E-state index contributed by atoms with van der Waals surface area (Å²) in [6.45, 7) is 7.98. The number of carbonyl (C=O) groups excluding carboxylic acids is 2. The lowest BCUT2D eigenvalue weighted by molar-refractivity contribution is -0.153. The number of rotatable bonds is 1. The van der Waals surface area contributed by atoms with Crippen LogP contribution in [0.3, 0.4) is 0 Å². The number of likely N-dealkylation sites (tertiary alicyclic amines) is 1. The Kier molecular flexibility index (Phi) is 5.04. The molecule has 3 unspecified atom stereocenters. The predicted molar refractivity (Wildman–Crippen MR) is 89.6 cm³/mol. The van der Waals surface area contributed by atoms with Crippen LogP contribution in [-0.4, -0.2) is 65.8 Å². The lowest BCUT2D eigenvalue weighted by Gasteiger charge is -2.44. The average molecular weight is 338 g/mol. The van der Waals surface area contributed by atoms with Crippen molar-refractivity contribution in [3.8, 4) is 0 Å². The van der Waals surface area contributed by atoms with E-state index in [-0.39, 0.29) is 30.1 Å². The molecule has 24 heavy (non-hydrogen) atoms. The zero-order valence-electron chi connectivity index (χ0n) is 15.1. The minimum Gasteiger partial charge on any atom is -0.444 e. The molecule has 136 valence electrons. The number of ether oxygens (including phenoxy) is 2. The van der Waals surface area contributed by atoms with Crippen molar-refractivity contribution in [1.29, 1.82) is 0 Å². The van der Waals surface area contributed by atoms with Crippen molar-refractivity contribution in [1.82, 2.24) is 9.80 Å². The molecule has 3 atom stereocenters. The molecule has 0 aromatic carbocycles. The van der Waals surface area contributed by atoms with Crippen LogP contribution >= 0.6 is 0 Å². The van der Waals surface area contributed by atoms with E-state index in [4.69, 9.17) is 9.47 Å². The first-order valence-corrected chi connectivity index (χ1v) is 9.25. The Morgan fingerprint density at radius 3 is 2.58 bits per heavy atom. The van der Waals surface area contributed by atoms with Crippen LogP contribution < -0.4 is 0 Å². The van der Waals surface area contributed by atoms with Crippen LogP contribution in [0.4, 0.5) is 4.79 Å². The van der Waals surface area contributed by atoms with Crippen molar-refractivity contribution in [2.45, 2.75) is 70.6 Å². The summed E-state index contributed by atoms with van der Waals surface area (Å²) in [5, 5.41) is 0. The van der Waals surface area contributed by atoms with E-state index in [9.17, 15) is 9.59 Å². The molecule has 6 nitrogen and oxygen atoms in total. The lowest BCUT2D eigenvalue weighted by Crippen LogP contribution is -2.56. The van der Waals surface area contributed by atoms with Crippen molar-refractivity contribution >= 4 is 12.0 Å². The molecule has 2 amide bonds. The third-order valence-corrected chi connectivity index (χ3v) is 5.20. The second-order valence-electron chi connectivity index (χ2n) is 8.20. The molecule has 3 aliphatic rings. The molecule has 2 saturated heterocycles. The van der Waals surface area contributed by atoms with Gasteiger partial charge in [-0.15, -0.1) is 0 Å². The fourth-order valence-electron chi connectivity index (χ4n) is 4.06. The molecule has 2 heterocycles. The predicted octanol–water partition coefficient (Wildman–Crippen LogP) is 2.41. The average Bonchev–Trinajstić information content (AvgIpc) is 3.02. The first-order chi connectivity index (χ1) is 11.3. The van der Waals surface area contributed by atoms with Crippen LogP contribution in [-0.2, 0) is 14.3 Å². The number of morpholine rings is 1. The van der Waals surface area contributed by atoms with Gasteiger partial charge in [0.15, 0.2) is 0 Å². The Labute approximate surface area is 144 Å². The highest BCUT2D eigenvalue weighted by Gasteiger charge is 2.41. The summed E-state index contributed by atoms with van der Waals surface area (Å²) in [6, 6.07) is 0.232. The molecule has 0 aromatic rings. The van der Waals surface area contributed by atoms with E-state index in [0.717, 1.165) is 19.3 Å². The van der Waals surface area contributed by atoms with Crippen LogP contribution in [0, 0.1) is 5.92 Å². The Balaban J connectivity index is 1.59. The summed E-state index contributed by atoms with van der Waals surface area (Å²) in [4.78, 5) is 28.9. The molecule has 0 N–H and O–H groups in total. The first-order valence-electron chi connectivity index (χ1n) is 9.25. The van der Waals surface area contributed by atoms with Crippen molar-refractivity contribution in [2.24, 2.45) is 5.92 Å². The summed E-state index contributed by atoms with van der Waals surface area (Å²) < 4.78 is 11.3. The molecule has 1 saturated carbocycles. The summed E-state index contributed by atoms with van der Waals surface area (Å²) >= 11 is 0. The largest absolute Gasteiger partial charge is 0.444 e. The fourth-order valence-corrected chi connectivity index (χ4v) is 4.06. The Bertz CT molecular complexity index is 486. The lowest BCUT2D eigenvalue weighted by atomic mass is 9.89. The Hall–Kier alpha value is -1.30. The zero-order valence-corrected chi connectivity index (χ0v) is 15.1. The van der Waals surface area contributed by atoms with Gasteiger partial charge in [-0.05, 0) is 40.0 Å². The van der Waals surface area contributed by atoms with Gasteiger partial charge in [0.05, 0.1) is 24.7 Å². The van der Waals surface area contributed by atoms with Gasteiger partial charge < -0.3 is 19.3 Å². The number of fused-ring (bicyclic) bond motifs is 1. The summed E-state index contributed by atoms with van der Waals surface area (Å²) in [6.07, 6.45) is 5.09. The maximum atomic E-state index is 13.0. The SMILES string of the molecule is CC(C)(C)OC(=O)N1CCC(C(=O)N2CCOC3CCCCC32)C1. The van der Waals surface area contributed by atoms with Gasteiger partial charge in [-0.25, -0.2) is 4.79 Å². The van der Waals surface area contributed by atoms with Gasteiger partial charge in [-0.2, -0.15) is 0 Å². The van der Waals surface area contributed by atoms with E-state index in [2.05, 4.69) is 0 Å². The molecule has 2 aliphatic heterocycles. The minimum absolute atomic E-state index is 0.0989. The van der Waals surface area contributed by atoms with E-state index >= 15 is 0 Å². The van der Waals surface area contributed by atoms with Crippen LogP contribution in [0.1, 0.15) is 52.9 Å². The van der Waals surface area contributed by atoms with Gasteiger partial charge in [0.2, 0.25) is 5.91 Å². The Morgan fingerprint density at radius 2 is 1.83 bits per heavy atom. The molecule has 0 radical (unpaired) electrons. The van der Waals surface area contributed by atoms with Gasteiger partial charge in [-0.3, -0.25) is 4.79 Å². The van der Waals surface area contributed by atoms with Gasteiger partial charge in [0.1, 0.15) is 5.60 Å². The third kappa shape index (κ3) is 3.85. The molecule has 3 fully saturated rings. The minimum atomic E-state index is -0.501. The van der Waals surface area contributed by atoms with Crippen LogP contribution in [0.15, 0.2) is 0 Å². The highest BCUT2D eigenvalue weighted by atomic mass is 16.6. The molecule has 6 heteroatoms. The maximum absolute atomic E-state index is 13.0. The summed E-state index contributed by atoms with van der Waals surface area (Å²) in [5.41, 5.74) is -0.501. The van der Waals surface area contributed by atoms with Crippen LogP contribution in [0.2, 0.25) is 0 Å². The van der Waals surface area contributed by atoms with Crippen molar-refractivity contribution < 1.29 is 19.1 Å². The maximum Gasteiger partial charge on any atom is 0.410 e. The normalized spacial score (nSPS) is 30.9. The number of carbonyl (C=O) groups is 2. The van der Waals surface area contributed by atoms with Gasteiger partial charge >= 0.3 is 6.09 Å². The standard InChI is InChI=1S/C18H30N2O4/c1-18(2,3)24-17(22)19-9-8-13(12-19)16(21)20-10-11-23-15-7-5-4-6-14(15)20/h13-15H,4-12H2,1-3H3. The zero-order chi connectivity index (χ0) is 17.3. The van der Waals surface area contributed by atoms with Gasteiger partial charge in [0.25, 0.3) is 0 Å². The smallest absolute Gasteiger partial charge is 0.410 e. The van der Waals surface area contributed by atoms with Crippen molar-refractivity contribution in [2.75, 3.05) is 26.2 Å². The molecule has 0 aromatic heterocycles. The monoisotopic (exact) mass is 338 g/mol. The highest BCUT2D eigenvalue weighted by molar-refractivity contribution is 5.81. The molecule has 0 spiro atoms. The van der Waals surface area contributed by atoms with E-state index in [0.29, 0.717) is 26.2 Å². The van der Waals surface area contributed by atoms with Gasteiger partial charge in [-0.1, -0.05) is 12.8 Å². The molecule has 0 bridgehead atoms. The van der Waals surface area contributed by atoms with Crippen molar-refractivity contribution in [3.05, 3.63) is 0 Å². The highest BCUT2D eigenvalue weighted by Crippen LogP contribution is 2.31. The van der Waals surface area contributed by atoms with E-state index < -0.39 is 5.60 Å². The number of hydrogen-bond acceptors (Lipinski definition) is 4.